The van der Waals surface area contributed by atoms with E-state index in [9.17, 15) is 0 Å². The molecule has 2 atom stereocenters. The second kappa shape index (κ2) is 8.40. The van der Waals surface area contributed by atoms with E-state index in [0.717, 1.165) is 39.1 Å². The fraction of sp³-hybridized carbons (Fsp3) is 0.647. The molecule has 0 spiro atoms. The van der Waals surface area contributed by atoms with Crippen molar-refractivity contribution in [3.63, 3.8) is 0 Å². The minimum Gasteiger partial charge on any atom is -0.377 e. The first-order chi connectivity index (χ1) is 9.83. The number of nitrogens with two attached hydrogens (primary N) is 1. The molecule has 1 aromatic rings. The number of nitrogens with zero attached hydrogens (tertiary/aromatic N) is 1. The minimum atomic E-state index is 0.397. The van der Waals surface area contributed by atoms with Crippen molar-refractivity contribution >= 4 is 0 Å². The molecule has 2 unspecified atom stereocenters. The summed E-state index contributed by atoms with van der Waals surface area (Å²) >= 11 is 0. The van der Waals surface area contributed by atoms with Gasteiger partial charge in [-0.3, -0.25) is 4.90 Å². The highest BCUT2D eigenvalue weighted by Crippen LogP contribution is 2.18. The maximum Gasteiger partial charge on any atom is 0.0702 e. The molecule has 2 rings (SSSR count). The van der Waals surface area contributed by atoms with Gasteiger partial charge in [0.2, 0.25) is 0 Å². The lowest BCUT2D eigenvalue weighted by Gasteiger charge is -2.37. The number of hydrogen-bond donors (Lipinski definition) is 1. The highest BCUT2D eigenvalue weighted by molar-refractivity contribution is 5.16. The third-order valence-corrected chi connectivity index (χ3v) is 4.07. The van der Waals surface area contributed by atoms with Crippen molar-refractivity contribution in [1.82, 2.24) is 4.90 Å². The van der Waals surface area contributed by atoms with E-state index in [4.69, 9.17) is 10.5 Å². The summed E-state index contributed by atoms with van der Waals surface area (Å²) in [6.45, 7) is 5.95. The molecule has 1 heterocycles. The van der Waals surface area contributed by atoms with Crippen molar-refractivity contribution < 1.29 is 4.74 Å². The molecule has 1 aliphatic rings. The van der Waals surface area contributed by atoms with Crippen LogP contribution in [-0.4, -0.2) is 43.3 Å². The van der Waals surface area contributed by atoms with Crippen LogP contribution < -0.4 is 5.73 Å². The third kappa shape index (κ3) is 4.58. The molecule has 1 aromatic carbocycles. The second-order valence-corrected chi connectivity index (χ2v) is 5.71. The smallest absolute Gasteiger partial charge is 0.0702 e. The monoisotopic (exact) mass is 276 g/mol. The highest BCUT2D eigenvalue weighted by Gasteiger charge is 2.25. The molecule has 0 saturated carbocycles. The number of rotatable bonds is 7. The number of benzene rings is 1. The zero-order chi connectivity index (χ0) is 14.2. The van der Waals surface area contributed by atoms with E-state index in [1.54, 1.807) is 0 Å². The van der Waals surface area contributed by atoms with E-state index >= 15 is 0 Å². The van der Waals surface area contributed by atoms with Gasteiger partial charge >= 0.3 is 0 Å². The van der Waals surface area contributed by atoms with E-state index in [0.29, 0.717) is 12.1 Å². The van der Waals surface area contributed by atoms with Crippen molar-refractivity contribution in [3.05, 3.63) is 35.9 Å². The number of piperidine rings is 1. The van der Waals surface area contributed by atoms with E-state index in [1.807, 2.05) is 0 Å². The quantitative estimate of drug-likeness (QED) is 0.831. The topological polar surface area (TPSA) is 38.5 Å². The first kappa shape index (κ1) is 15.5. The van der Waals surface area contributed by atoms with Gasteiger partial charge in [-0.1, -0.05) is 37.3 Å². The van der Waals surface area contributed by atoms with Gasteiger partial charge in [-0.15, -0.1) is 0 Å². The van der Waals surface area contributed by atoms with E-state index in [1.165, 1.54) is 18.4 Å². The Balaban J connectivity index is 1.89. The van der Waals surface area contributed by atoms with Gasteiger partial charge in [0, 0.05) is 25.7 Å². The molecule has 0 amide bonds. The Morgan fingerprint density at radius 1 is 1.35 bits per heavy atom. The molecule has 2 N–H and O–H groups in total. The lowest BCUT2D eigenvalue weighted by molar-refractivity contribution is -0.0114. The Morgan fingerprint density at radius 2 is 2.15 bits per heavy atom. The maximum absolute atomic E-state index is 6.01. The van der Waals surface area contributed by atoms with Gasteiger partial charge in [-0.2, -0.15) is 0 Å². The predicted molar refractivity (Wildman–Crippen MR) is 83.8 cm³/mol. The van der Waals surface area contributed by atoms with Crippen LogP contribution in [0.1, 0.15) is 31.7 Å². The predicted octanol–water partition coefficient (Wildman–Crippen LogP) is 2.45. The number of ether oxygens (including phenoxy) is 1. The highest BCUT2D eigenvalue weighted by atomic mass is 16.5. The molecule has 3 nitrogen and oxygen atoms in total. The van der Waals surface area contributed by atoms with Crippen LogP contribution in [0.5, 0.6) is 0 Å². The van der Waals surface area contributed by atoms with E-state index in [-0.39, 0.29) is 0 Å². The van der Waals surface area contributed by atoms with Crippen LogP contribution in [0, 0.1) is 0 Å². The lowest BCUT2D eigenvalue weighted by atomic mass is 10.0. The molecule has 112 valence electrons. The Bertz CT molecular complexity index is 369. The Kier molecular flexibility index (Phi) is 6.51. The molecule has 3 heteroatoms. The molecule has 1 aliphatic heterocycles. The summed E-state index contributed by atoms with van der Waals surface area (Å²) in [5, 5.41) is 0. The van der Waals surface area contributed by atoms with Crippen LogP contribution in [0.4, 0.5) is 0 Å². The van der Waals surface area contributed by atoms with Gasteiger partial charge < -0.3 is 10.5 Å². The summed E-state index contributed by atoms with van der Waals surface area (Å²) in [6.07, 6.45) is 4.95. The normalized spacial score (nSPS) is 21.8. The summed E-state index contributed by atoms with van der Waals surface area (Å²) < 4.78 is 5.92. The Morgan fingerprint density at radius 3 is 2.85 bits per heavy atom. The second-order valence-electron chi connectivity index (χ2n) is 5.71. The molecule has 1 saturated heterocycles. The molecule has 0 aromatic heterocycles. The third-order valence-electron chi connectivity index (χ3n) is 4.07. The van der Waals surface area contributed by atoms with Crippen LogP contribution in [0.25, 0.3) is 0 Å². The fourth-order valence-corrected chi connectivity index (χ4v) is 2.97. The number of hydrogen-bond acceptors (Lipinski definition) is 3. The first-order valence-corrected chi connectivity index (χ1v) is 7.93. The van der Waals surface area contributed by atoms with Gasteiger partial charge in [-0.25, -0.2) is 0 Å². The Hall–Kier alpha value is -0.900. The average Bonchev–Trinajstić information content (AvgIpc) is 2.52. The van der Waals surface area contributed by atoms with Crippen LogP contribution in [0.2, 0.25) is 0 Å². The SMILES string of the molecule is CCCOC1CCCN(C(CN)Cc2ccccc2)C1. The molecule has 0 radical (unpaired) electrons. The molecule has 20 heavy (non-hydrogen) atoms. The molecule has 1 fully saturated rings. The maximum atomic E-state index is 6.01. The summed E-state index contributed by atoms with van der Waals surface area (Å²) in [6, 6.07) is 11.1. The summed E-state index contributed by atoms with van der Waals surface area (Å²) in [4.78, 5) is 2.52. The Labute approximate surface area is 123 Å². The zero-order valence-corrected chi connectivity index (χ0v) is 12.6. The molecule has 0 aliphatic carbocycles. The zero-order valence-electron chi connectivity index (χ0n) is 12.6. The van der Waals surface area contributed by atoms with Crippen molar-refractivity contribution in [2.24, 2.45) is 5.73 Å². The van der Waals surface area contributed by atoms with Crippen molar-refractivity contribution in [2.45, 2.75) is 44.8 Å². The minimum absolute atomic E-state index is 0.397. The molecular formula is C17H28N2O. The van der Waals surface area contributed by atoms with E-state index < -0.39 is 0 Å². The van der Waals surface area contributed by atoms with Crippen LogP contribution >= 0.6 is 0 Å². The summed E-state index contributed by atoms with van der Waals surface area (Å²) in [7, 11) is 0. The van der Waals surface area contributed by atoms with Crippen LogP contribution in [0.3, 0.4) is 0 Å². The number of likely N-dealkylation sites (tertiary alicyclic amines) is 1. The van der Waals surface area contributed by atoms with E-state index in [2.05, 4.69) is 42.2 Å². The first-order valence-electron chi connectivity index (χ1n) is 7.93. The average molecular weight is 276 g/mol. The van der Waals surface area contributed by atoms with Gasteiger partial charge in [0.15, 0.2) is 0 Å². The van der Waals surface area contributed by atoms with Gasteiger partial charge in [0.1, 0.15) is 0 Å². The van der Waals surface area contributed by atoms with Gasteiger partial charge in [0.05, 0.1) is 6.10 Å². The lowest BCUT2D eigenvalue weighted by Crippen LogP contribution is -2.49. The van der Waals surface area contributed by atoms with Gasteiger partial charge in [0.25, 0.3) is 0 Å². The standard InChI is InChI=1S/C17H28N2O/c1-2-11-20-17-9-6-10-19(14-17)16(13-18)12-15-7-4-3-5-8-15/h3-5,7-8,16-17H,2,6,9-14,18H2,1H3. The largest absolute Gasteiger partial charge is 0.377 e. The summed E-state index contributed by atoms with van der Waals surface area (Å²) in [5.41, 5.74) is 7.39. The molecular weight excluding hydrogens is 248 g/mol. The molecule has 0 bridgehead atoms. The van der Waals surface area contributed by atoms with Crippen molar-refractivity contribution in [3.8, 4) is 0 Å². The van der Waals surface area contributed by atoms with Crippen molar-refractivity contribution in [1.29, 1.82) is 0 Å². The fourth-order valence-electron chi connectivity index (χ4n) is 2.97. The van der Waals surface area contributed by atoms with Crippen LogP contribution in [-0.2, 0) is 11.2 Å². The van der Waals surface area contributed by atoms with Crippen molar-refractivity contribution in [2.75, 3.05) is 26.2 Å². The summed E-state index contributed by atoms with van der Waals surface area (Å²) in [5.74, 6) is 0. The van der Waals surface area contributed by atoms with Crippen LogP contribution in [0.15, 0.2) is 30.3 Å². The van der Waals surface area contributed by atoms with Gasteiger partial charge in [-0.05, 0) is 37.8 Å².